The summed E-state index contributed by atoms with van der Waals surface area (Å²) < 4.78 is 33.6. The molecule has 0 saturated heterocycles. The van der Waals surface area contributed by atoms with Crippen molar-refractivity contribution >= 4 is 15.7 Å². The number of ether oxygens (including phenoxy) is 2. The fraction of sp³-hybridized carbons (Fsp3) is 0.350. The lowest BCUT2D eigenvalue weighted by atomic mass is 10.1. The number of carbonyl (C=O) groups is 1. The smallest absolute Gasteiger partial charge is 0.220 e. The first-order chi connectivity index (χ1) is 12.8. The Kier molecular flexibility index (Phi) is 7.38. The standard InChI is InChI=1S/C20H25NO5S/c1-25-17-6-4-5-16(13-17)19(26-2)14-21-20(22)12-9-15-7-10-18(11-8-15)27(3,23)24/h4-8,10-11,13,19H,9,12,14H2,1-3H3,(H,21,22)/t19-/m0/s1. The Morgan fingerprint density at radius 2 is 1.81 bits per heavy atom. The van der Waals surface area contributed by atoms with Crippen molar-refractivity contribution in [2.24, 2.45) is 0 Å². The van der Waals surface area contributed by atoms with Gasteiger partial charge in [-0.15, -0.1) is 0 Å². The molecule has 146 valence electrons. The van der Waals surface area contributed by atoms with Crippen LogP contribution in [0.2, 0.25) is 0 Å². The molecule has 0 heterocycles. The molecule has 0 bridgehead atoms. The number of amides is 1. The van der Waals surface area contributed by atoms with Crippen LogP contribution in [0.3, 0.4) is 0 Å². The maximum atomic E-state index is 12.1. The molecule has 0 aliphatic heterocycles. The van der Waals surface area contributed by atoms with Crippen molar-refractivity contribution in [2.45, 2.75) is 23.8 Å². The summed E-state index contributed by atoms with van der Waals surface area (Å²) in [6, 6.07) is 14.1. The summed E-state index contributed by atoms with van der Waals surface area (Å²) in [5.41, 5.74) is 1.84. The van der Waals surface area contributed by atoms with Crippen LogP contribution >= 0.6 is 0 Å². The van der Waals surface area contributed by atoms with Crippen molar-refractivity contribution in [3.05, 3.63) is 59.7 Å². The minimum Gasteiger partial charge on any atom is -0.497 e. The summed E-state index contributed by atoms with van der Waals surface area (Å²) in [6.07, 6.45) is 1.75. The second-order valence-corrected chi connectivity index (χ2v) is 8.24. The Morgan fingerprint density at radius 3 is 2.41 bits per heavy atom. The third-order valence-electron chi connectivity index (χ3n) is 4.23. The third kappa shape index (κ3) is 6.37. The van der Waals surface area contributed by atoms with Gasteiger partial charge in [0.15, 0.2) is 9.84 Å². The lowest BCUT2D eigenvalue weighted by Gasteiger charge is -2.17. The van der Waals surface area contributed by atoms with Crippen LogP contribution in [-0.4, -0.2) is 41.3 Å². The fourth-order valence-corrected chi connectivity index (χ4v) is 3.27. The van der Waals surface area contributed by atoms with Crippen molar-refractivity contribution in [3.63, 3.8) is 0 Å². The van der Waals surface area contributed by atoms with E-state index in [0.717, 1.165) is 16.9 Å². The highest BCUT2D eigenvalue weighted by molar-refractivity contribution is 7.90. The van der Waals surface area contributed by atoms with Crippen LogP contribution < -0.4 is 10.1 Å². The van der Waals surface area contributed by atoms with E-state index in [0.29, 0.717) is 19.4 Å². The molecule has 2 aromatic rings. The zero-order chi connectivity index (χ0) is 19.9. The highest BCUT2D eigenvalue weighted by Crippen LogP contribution is 2.21. The van der Waals surface area contributed by atoms with Crippen LogP contribution in [0.1, 0.15) is 23.7 Å². The molecule has 1 atom stereocenters. The fourth-order valence-electron chi connectivity index (χ4n) is 2.64. The molecule has 0 unspecified atom stereocenters. The number of sulfone groups is 1. The number of nitrogens with one attached hydrogen (secondary N) is 1. The van der Waals surface area contributed by atoms with Gasteiger partial charge in [-0.05, 0) is 41.8 Å². The number of hydrogen-bond donors (Lipinski definition) is 1. The number of carbonyl (C=O) groups excluding carboxylic acids is 1. The van der Waals surface area contributed by atoms with Crippen LogP contribution in [0.15, 0.2) is 53.4 Å². The summed E-state index contributed by atoms with van der Waals surface area (Å²) in [5, 5.41) is 2.87. The van der Waals surface area contributed by atoms with E-state index in [4.69, 9.17) is 9.47 Å². The predicted octanol–water partition coefficient (Wildman–Crippen LogP) is 2.54. The van der Waals surface area contributed by atoms with E-state index in [1.54, 1.807) is 38.5 Å². The number of hydrogen-bond acceptors (Lipinski definition) is 5. The summed E-state index contributed by atoms with van der Waals surface area (Å²) in [5.74, 6) is 0.644. The van der Waals surface area contributed by atoms with Crippen molar-refractivity contribution < 1.29 is 22.7 Å². The van der Waals surface area contributed by atoms with Gasteiger partial charge in [0, 0.05) is 26.3 Å². The Balaban J connectivity index is 1.86. The van der Waals surface area contributed by atoms with E-state index in [-0.39, 0.29) is 16.9 Å². The number of benzene rings is 2. The van der Waals surface area contributed by atoms with Crippen LogP contribution in [0, 0.1) is 0 Å². The molecule has 0 aromatic heterocycles. The number of rotatable bonds is 9. The van der Waals surface area contributed by atoms with Crippen molar-refractivity contribution in [2.75, 3.05) is 27.0 Å². The van der Waals surface area contributed by atoms with Crippen LogP contribution in [-0.2, 0) is 25.8 Å². The van der Waals surface area contributed by atoms with Gasteiger partial charge in [-0.1, -0.05) is 24.3 Å². The first kappa shape index (κ1) is 20.9. The lowest BCUT2D eigenvalue weighted by Crippen LogP contribution is -2.29. The van der Waals surface area contributed by atoms with Crippen molar-refractivity contribution in [1.82, 2.24) is 5.32 Å². The third-order valence-corrected chi connectivity index (χ3v) is 5.36. The Hall–Kier alpha value is -2.38. The minimum atomic E-state index is -3.21. The van der Waals surface area contributed by atoms with Gasteiger partial charge in [0.25, 0.3) is 0 Å². The first-order valence-electron chi connectivity index (χ1n) is 8.56. The van der Waals surface area contributed by atoms with E-state index in [1.807, 2.05) is 24.3 Å². The highest BCUT2D eigenvalue weighted by Gasteiger charge is 2.13. The second kappa shape index (κ2) is 9.53. The number of aryl methyl sites for hydroxylation is 1. The van der Waals surface area contributed by atoms with Gasteiger partial charge in [0.05, 0.1) is 18.1 Å². The molecule has 0 spiro atoms. The van der Waals surface area contributed by atoms with E-state index in [2.05, 4.69) is 5.32 Å². The average Bonchev–Trinajstić information content (AvgIpc) is 2.66. The van der Waals surface area contributed by atoms with Gasteiger partial charge in [0.2, 0.25) is 5.91 Å². The zero-order valence-corrected chi connectivity index (χ0v) is 16.6. The number of methoxy groups -OCH3 is 2. The molecule has 0 radical (unpaired) electrons. The Morgan fingerprint density at radius 1 is 1.11 bits per heavy atom. The molecule has 6 nitrogen and oxygen atoms in total. The molecule has 2 aromatic carbocycles. The predicted molar refractivity (Wildman–Crippen MR) is 104 cm³/mol. The van der Waals surface area contributed by atoms with Crippen molar-refractivity contribution in [3.8, 4) is 5.75 Å². The molecule has 7 heteroatoms. The molecular formula is C20H25NO5S. The van der Waals surface area contributed by atoms with E-state index in [9.17, 15) is 13.2 Å². The molecule has 1 amide bonds. The normalized spacial score (nSPS) is 12.4. The Bertz CT molecular complexity index is 862. The lowest BCUT2D eigenvalue weighted by molar-refractivity contribution is -0.121. The quantitative estimate of drug-likeness (QED) is 0.710. The van der Waals surface area contributed by atoms with Gasteiger partial charge >= 0.3 is 0 Å². The van der Waals surface area contributed by atoms with Gasteiger partial charge in [-0.2, -0.15) is 0 Å². The maximum absolute atomic E-state index is 12.1. The molecule has 0 aliphatic rings. The molecule has 0 fully saturated rings. The molecule has 0 aliphatic carbocycles. The van der Waals surface area contributed by atoms with E-state index in [1.165, 1.54) is 6.26 Å². The second-order valence-electron chi connectivity index (χ2n) is 6.22. The molecule has 1 N–H and O–H groups in total. The molecule has 27 heavy (non-hydrogen) atoms. The largest absolute Gasteiger partial charge is 0.497 e. The summed E-state index contributed by atoms with van der Waals surface area (Å²) >= 11 is 0. The van der Waals surface area contributed by atoms with E-state index < -0.39 is 9.84 Å². The molecular weight excluding hydrogens is 366 g/mol. The van der Waals surface area contributed by atoms with Crippen LogP contribution in [0.5, 0.6) is 5.75 Å². The topological polar surface area (TPSA) is 81.7 Å². The zero-order valence-electron chi connectivity index (χ0n) is 15.8. The summed E-state index contributed by atoms with van der Waals surface area (Å²) in [7, 11) is -0.00630. The molecule has 2 rings (SSSR count). The highest BCUT2D eigenvalue weighted by atomic mass is 32.2. The monoisotopic (exact) mass is 391 g/mol. The van der Waals surface area contributed by atoms with Gasteiger partial charge in [-0.25, -0.2) is 8.42 Å². The maximum Gasteiger partial charge on any atom is 0.220 e. The van der Waals surface area contributed by atoms with Crippen LogP contribution in [0.25, 0.3) is 0 Å². The van der Waals surface area contributed by atoms with Gasteiger partial charge in [-0.3, -0.25) is 4.79 Å². The SMILES string of the molecule is COc1cccc([C@H](CNC(=O)CCc2ccc(S(C)(=O)=O)cc2)OC)c1. The first-order valence-corrected chi connectivity index (χ1v) is 10.4. The van der Waals surface area contributed by atoms with E-state index >= 15 is 0 Å². The summed E-state index contributed by atoms with van der Waals surface area (Å²) in [6.45, 7) is 0.357. The van der Waals surface area contributed by atoms with Crippen LogP contribution in [0.4, 0.5) is 0 Å². The van der Waals surface area contributed by atoms with Gasteiger partial charge < -0.3 is 14.8 Å². The summed E-state index contributed by atoms with van der Waals surface area (Å²) in [4.78, 5) is 12.4. The molecule has 0 saturated carbocycles. The Labute approximate surface area is 160 Å². The average molecular weight is 391 g/mol. The van der Waals surface area contributed by atoms with Gasteiger partial charge in [0.1, 0.15) is 5.75 Å². The minimum absolute atomic E-state index is 0.0906. The van der Waals surface area contributed by atoms with Crippen molar-refractivity contribution in [1.29, 1.82) is 0 Å².